The topological polar surface area (TPSA) is 46.6 Å². The number of aromatic nitrogens is 1. The molecule has 1 aliphatic rings. The van der Waals surface area contributed by atoms with Crippen molar-refractivity contribution >= 4 is 33.8 Å². The second-order valence-corrected chi connectivity index (χ2v) is 8.56. The van der Waals surface area contributed by atoms with E-state index in [0.29, 0.717) is 17.4 Å². The van der Waals surface area contributed by atoms with Gasteiger partial charge in [-0.15, -0.1) is 11.3 Å². The van der Waals surface area contributed by atoms with Gasteiger partial charge in [-0.05, 0) is 56.3 Å². The Morgan fingerprint density at radius 3 is 2.80 bits per heavy atom. The Balaban J connectivity index is 1.37. The van der Waals surface area contributed by atoms with Gasteiger partial charge in [0.15, 0.2) is 5.13 Å². The number of halogens is 1. The molecule has 3 aromatic rings. The van der Waals surface area contributed by atoms with Crippen LogP contribution in [-0.2, 0) is 0 Å². The van der Waals surface area contributed by atoms with Crippen LogP contribution in [0, 0.1) is 0 Å². The number of benzene rings is 2. The summed E-state index contributed by atoms with van der Waals surface area (Å²) in [5.41, 5.74) is 2.84. The Bertz CT molecular complexity index is 973. The van der Waals surface area contributed by atoms with E-state index in [9.17, 15) is 0 Å². The number of nitrogens with zero attached hydrogens (tertiary/aromatic N) is 2. The maximum absolute atomic E-state index is 6.21. The Morgan fingerprint density at radius 1 is 1.13 bits per heavy atom. The molecule has 2 aromatic carbocycles. The lowest BCUT2D eigenvalue weighted by Crippen LogP contribution is -2.33. The lowest BCUT2D eigenvalue weighted by Gasteiger charge is -2.26. The molecule has 0 radical (unpaired) electrons. The van der Waals surface area contributed by atoms with E-state index < -0.39 is 0 Å². The molecule has 1 saturated heterocycles. The molecule has 1 fully saturated rings. The molecule has 1 N–H and O–H groups in total. The van der Waals surface area contributed by atoms with Gasteiger partial charge in [0.25, 0.3) is 0 Å². The van der Waals surface area contributed by atoms with Crippen LogP contribution >= 0.6 is 22.9 Å². The van der Waals surface area contributed by atoms with Gasteiger partial charge in [-0.2, -0.15) is 0 Å². The highest BCUT2D eigenvalue weighted by Crippen LogP contribution is 2.32. The van der Waals surface area contributed by atoms with Crippen molar-refractivity contribution in [1.82, 2.24) is 9.88 Å². The first kappa shape index (κ1) is 21.0. The van der Waals surface area contributed by atoms with Crippen LogP contribution in [0.1, 0.15) is 19.3 Å². The lowest BCUT2D eigenvalue weighted by molar-refractivity contribution is 0.183. The Hall–Kier alpha value is -2.28. The Morgan fingerprint density at radius 2 is 2.00 bits per heavy atom. The van der Waals surface area contributed by atoms with Gasteiger partial charge in [0.1, 0.15) is 18.1 Å². The van der Waals surface area contributed by atoms with Crippen LogP contribution in [0.5, 0.6) is 11.5 Å². The van der Waals surface area contributed by atoms with E-state index in [1.807, 2.05) is 35.7 Å². The molecule has 1 aromatic heterocycles. The van der Waals surface area contributed by atoms with Gasteiger partial charge in [0.05, 0.1) is 17.8 Å². The molecule has 7 heteroatoms. The summed E-state index contributed by atoms with van der Waals surface area (Å²) in [5.74, 6) is 1.54. The number of anilines is 2. The van der Waals surface area contributed by atoms with Gasteiger partial charge < -0.3 is 14.8 Å². The van der Waals surface area contributed by atoms with Gasteiger partial charge in [0, 0.05) is 23.2 Å². The van der Waals surface area contributed by atoms with Crippen molar-refractivity contribution in [2.75, 3.05) is 38.7 Å². The number of nitrogens with one attached hydrogen (secondary N) is 1. The average Bonchev–Trinajstić information content (AvgIpc) is 3.23. The van der Waals surface area contributed by atoms with Crippen molar-refractivity contribution in [3.8, 4) is 22.8 Å². The summed E-state index contributed by atoms with van der Waals surface area (Å²) in [5, 5.41) is 6.72. The fourth-order valence-electron chi connectivity index (χ4n) is 3.55. The molecule has 4 rings (SSSR count). The fourth-order valence-corrected chi connectivity index (χ4v) is 4.55. The Kier molecular flexibility index (Phi) is 7.10. The summed E-state index contributed by atoms with van der Waals surface area (Å²) in [7, 11) is 1.60. The normalized spacial score (nSPS) is 14.5. The van der Waals surface area contributed by atoms with Crippen LogP contribution in [0.15, 0.2) is 47.8 Å². The third kappa shape index (κ3) is 5.45. The van der Waals surface area contributed by atoms with Gasteiger partial charge in [-0.3, -0.25) is 4.90 Å². The molecule has 0 amide bonds. The molecule has 1 aliphatic heterocycles. The molecule has 0 atom stereocenters. The second kappa shape index (κ2) is 10.2. The van der Waals surface area contributed by atoms with Gasteiger partial charge in [-0.25, -0.2) is 4.98 Å². The molecular weight excluding hydrogens is 418 g/mol. The molecule has 0 spiro atoms. The van der Waals surface area contributed by atoms with Gasteiger partial charge >= 0.3 is 0 Å². The highest BCUT2D eigenvalue weighted by atomic mass is 35.5. The Labute approximate surface area is 186 Å². The number of hydrogen-bond acceptors (Lipinski definition) is 6. The van der Waals surface area contributed by atoms with E-state index in [-0.39, 0.29) is 0 Å². The van der Waals surface area contributed by atoms with Crippen LogP contribution < -0.4 is 14.8 Å². The number of piperidine rings is 1. The van der Waals surface area contributed by atoms with Crippen molar-refractivity contribution in [3.63, 3.8) is 0 Å². The fraction of sp³-hybridized carbons (Fsp3) is 0.348. The first-order valence-electron chi connectivity index (χ1n) is 10.2. The smallest absolute Gasteiger partial charge is 0.187 e. The quantitative estimate of drug-likeness (QED) is 0.457. The molecule has 5 nitrogen and oxygen atoms in total. The maximum Gasteiger partial charge on any atom is 0.187 e. The lowest BCUT2D eigenvalue weighted by atomic mass is 10.1. The summed E-state index contributed by atoms with van der Waals surface area (Å²) in [4.78, 5) is 7.20. The number of thiazole rings is 1. The SMILES string of the molecule is COc1ccc(Nc2nc(-c3cccc(OCCN4CCCCC4)c3)cs2)cc1Cl. The summed E-state index contributed by atoms with van der Waals surface area (Å²) >= 11 is 7.76. The summed E-state index contributed by atoms with van der Waals surface area (Å²) in [6, 6.07) is 13.7. The van der Waals surface area contributed by atoms with Crippen molar-refractivity contribution < 1.29 is 9.47 Å². The molecule has 0 aliphatic carbocycles. The zero-order valence-electron chi connectivity index (χ0n) is 17.1. The average molecular weight is 444 g/mol. The number of likely N-dealkylation sites (tertiary alicyclic amines) is 1. The second-order valence-electron chi connectivity index (χ2n) is 7.29. The maximum atomic E-state index is 6.21. The van der Waals surface area contributed by atoms with Crippen molar-refractivity contribution in [2.24, 2.45) is 0 Å². The van der Waals surface area contributed by atoms with Crippen LogP contribution in [-0.4, -0.2) is 43.2 Å². The number of methoxy groups -OCH3 is 1. The van der Waals surface area contributed by atoms with Crippen LogP contribution in [0.3, 0.4) is 0 Å². The van der Waals surface area contributed by atoms with Crippen molar-refractivity contribution in [3.05, 3.63) is 52.9 Å². The molecule has 2 heterocycles. The minimum Gasteiger partial charge on any atom is -0.495 e. The number of rotatable bonds is 8. The zero-order valence-corrected chi connectivity index (χ0v) is 18.6. The van der Waals surface area contributed by atoms with Gasteiger partial charge in [0.2, 0.25) is 0 Å². The van der Waals surface area contributed by atoms with E-state index >= 15 is 0 Å². The third-order valence-electron chi connectivity index (χ3n) is 5.16. The molecule has 0 unspecified atom stereocenters. The van der Waals surface area contributed by atoms with Gasteiger partial charge in [-0.1, -0.05) is 30.2 Å². The largest absolute Gasteiger partial charge is 0.495 e. The summed E-state index contributed by atoms with van der Waals surface area (Å²) in [6.45, 7) is 4.08. The van der Waals surface area contributed by atoms with Crippen LogP contribution in [0.4, 0.5) is 10.8 Å². The molecule has 0 saturated carbocycles. The highest BCUT2D eigenvalue weighted by Gasteiger charge is 2.11. The first-order chi connectivity index (χ1) is 14.7. The zero-order chi connectivity index (χ0) is 20.8. The number of hydrogen-bond donors (Lipinski definition) is 1. The first-order valence-corrected chi connectivity index (χ1v) is 11.5. The van der Waals surface area contributed by atoms with E-state index in [4.69, 9.17) is 26.1 Å². The molecule has 0 bridgehead atoms. The minimum absolute atomic E-state index is 0.564. The van der Waals surface area contributed by atoms with Crippen LogP contribution in [0.2, 0.25) is 5.02 Å². The highest BCUT2D eigenvalue weighted by molar-refractivity contribution is 7.14. The summed E-state index contributed by atoms with van der Waals surface area (Å²) < 4.78 is 11.2. The molecule has 158 valence electrons. The van der Waals surface area contributed by atoms with Crippen LogP contribution in [0.25, 0.3) is 11.3 Å². The molecule has 30 heavy (non-hydrogen) atoms. The standard InChI is InChI=1S/C23H26ClN3O2S/c1-28-22-9-8-18(15-20(22)24)25-23-26-21(16-30-23)17-6-5-7-19(14-17)29-13-12-27-10-3-2-4-11-27/h5-9,14-16H,2-4,10-13H2,1H3,(H,25,26). The third-order valence-corrected chi connectivity index (χ3v) is 6.22. The summed E-state index contributed by atoms with van der Waals surface area (Å²) in [6.07, 6.45) is 3.96. The van der Waals surface area contributed by atoms with E-state index in [2.05, 4.69) is 22.3 Å². The van der Waals surface area contributed by atoms with E-state index in [1.54, 1.807) is 18.4 Å². The van der Waals surface area contributed by atoms with E-state index in [0.717, 1.165) is 34.4 Å². The minimum atomic E-state index is 0.564. The number of ether oxygens (including phenoxy) is 2. The predicted octanol–water partition coefficient (Wildman–Crippen LogP) is 6.08. The van der Waals surface area contributed by atoms with E-state index in [1.165, 1.54) is 32.4 Å². The van der Waals surface area contributed by atoms with Crippen molar-refractivity contribution in [1.29, 1.82) is 0 Å². The predicted molar refractivity (Wildman–Crippen MR) is 125 cm³/mol. The monoisotopic (exact) mass is 443 g/mol. The molecular formula is C23H26ClN3O2S. The van der Waals surface area contributed by atoms with Crippen molar-refractivity contribution in [2.45, 2.75) is 19.3 Å².